The summed E-state index contributed by atoms with van der Waals surface area (Å²) in [6.07, 6.45) is 2.98. The van der Waals surface area contributed by atoms with E-state index in [0.29, 0.717) is 6.54 Å². The van der Waals surface area contributed by atoms with Gasteiger partial charge in [-0.05, 0) is 31.8 Å². The van der Waals surface area contributed by atoms with Gasteiger partial charge in [-0.2, -0.15) is 0 Å². The average molecular weight is 284 g/mol. The maximum absolute atomic E-state index is 11.7. The second-order valence-electron chi connectivity index (χ2n) is 4.52. The van der Waals surface area contributed by atoms with Crippen molar-refractivity contribution in [1.82, 2.24) is 10.0 Å². The van der Waals surface area contributed by atoms with E-state index in [2.05, 4.69) is 10.0 Å². The van der Waals surface area contributed by atoms with Gasteiger partial charge in [-0.15, -0.1) is 0 Å². The summed E-state index contributed by atoms with van der Waals surface area (Å²) in [4.78, 5) is 0. The molecule has 102 valence electrons. The number of rotatable bonds is 6. The molecule has 0 aromatic carbocycles. The van der Waals surface area contributed by atoms with Crippen molar-refractivity contribution in [2.24, 2.45) is 5.92 Å². The lowest BCUT2D eigenvalue weighted by molar-refractivity contribution is 0.403. The van der Waals surface area contributed by atoms with Crippen LogP contribution >= 0.6 is 0 Å². The topological polar surface area (TPSA) is 92.3 Å². The molecule has 0 aromatic heterocycles. The summed E-state index contributed by atoms with van der Waals surface area (Å²) in [7, 11) is -6.48. The Morgan fingerprint density at radius 2 is 2.00 bits per heavy atom. The number of piperidine rings is 1. The molecule has 0 aliphatic carbocycles. The first kappa shape index (κ1) is 14.9. The van der Waals surface area contributed by atoms with Gasteiger partial charge in [0.25, 0.3) is 0 Å². The predicted octanol–water partition coefficient (Wildman–Crippen LogP) is -1.05. The van der Waals surface area contributed by atoms with Gasteiger partial charge < -0.3 is 5.32 Å². The minimum atomic E-state index is -3.36. The van der Waals surface area contributed by atoms with Gasteiger partial charge in [0.1, 0.15) is 9.84 Å². The van der Waals surface area contributed by atoms with Crippen molar-refractivity contribution in [3.05, 3.63) is 0 Å². The van der Waals surface area contributed by atoms with Crippen molar-refractivity contribution in [2.75, 3.05) is 37.4 Å². The molecule has 1 aliphatic rings. The second-order valence-corrected chi connectivity index (χ2v) is 8.63. The lowest BCUT2D eigenvalue weighted by Crippen LogP contribution is -2.38. The van der Waals surface area contributed by atoms with Gasteiger partial charge in [-0.1, -0.05) is 0 Å². The molecule has 0 spiro atoms. The minimum Gasteiger partial charge on any atom is -0.316 e. The van der Waals surface area contributed by atoms with Gasteiger partial charge >= 0.3 is 0 Å². The fraction of sp³-hybridized carbons (Fsp3) is 1.00. The van der Waals surface area contributed by atoms with E-state index in [4.69, 9.17) is 0 Å². The number of hydrogen-bond acceptors (Lipinski definition) is 5. The third kappa shape index (κ3) is 6.97. The first-order valence-electron chi connectivity index (χ1n) is 5.64. The van der Waals surface area contributed by atoms with E-state index in [-0.39, 0.29) is 24.0 Å². The largest absolute Gasteiger partial charge is 0.316 e. The fourth-order valence-electron chi connectivity index (χ4n) is 1.82. The zero-order valence-electron chi connectivity index (χ0n) is 9.98. The molecular weight excluding hydrogens is 264 g/mol. The molecule has 6 nitrogen and oxygen atoms in total. The van der Waals surface area contributed by atoms with Gasteiger partial charge in [-0.25, -0.2) is 21.6 Å². The third-order valence-corrected chi connectivity index (χ3v) is 5.15. The summed E-state index contributed by atoms with van der Waals surface area (Å²) in [5.74, 6) is 0.0401. The van der Waals surface area contributed by atoms with Crippen LogP contribution in [0.3, 0.4) is 0 Å². The van der Waals surface area contributed by atoms with Crippen LogP contribution in [-0.4, -0.2) is 54.2 Å². The first-order chi connectivity index (χ1) is 7.79. The molecule has 17 heavy (non-hydrogen) atoms. The summed E-state index contributed by atoms with van der Waals surface area (Å²) >= 11 is 0. The third-order valence-electron chi connectivity index (χ3n) is 2.65. The van der Waals surface area contributed by atoms with Crippen molar-refractivity contribution >= 4 is 19.9 Å². The first-order valence-corrected chi connectivity index (χ1v) is 9.35. The van der Waals surface area contributed by atoms with E-state index in [0.717, 1.165) is 25.6 Å². The highest BCUT2D eigenvalue weighted by molar-refractivity contribution is 7.91. The number of hydrogen-bond donors (Lipinski definition) is 2. The van der Waals surface area contributed by atoms with Crippen LogP contribution in [0.1, 0.15) is 12.8 Å². The molecule has 0 aromatic rings. The summed E-state index contributed by atoms with van der Waals surface area (Å²) in [6.45, 7) is 1.62. The van der Waals surface area contributed by atoms with Crippen LogP contribution in [0.4, 0.5) is 0 Å². The van der Waals surface area contributed by atoms with Crippen LogP contribution in [0.25, 0.3) is 0 Å². The highest BCUT2D eigenvalue weighted by Gasteiger charge is 2.21. The van der Waals surface area contributed by atoms with E-state index in [1.54, 1.807) is 0 Å². The van der Waals surface area contributed by atoms with Crippen LogP contribution in [0.2, 0.25) is 0 Å². The van der Waals surface area contributed by atoms with Crippen molar-refractivity contribution in [2.45, 2.75) is 12.8 Å². The highest BCUT2D eigenvalue weighted by Crippen LogP contribution is 2.11. The molecule has 0 saturated carbocycles. The van der Waals surface area contributed by atoms with E-state index in [1.165, 1.54) is 0 Å². The Morgan fingerprint density at radius 3 is 2.53 bits per heavy atom. The second kappa shape index (κ2) is 6.12. The maximum Gasteiger partial charge on any atom is 0.211 e. The average Bonchev–Trinajstić information content (AvgIpc) is 2.15. The summed E-state index contributed by atoms with van der Waals surface area (Å²) in [5.41, 5.74) is 0. The van der Waals surface area contributed by atoms with Gasteiger partial charge in [0, 0.05) is 12.8 Å². The summed E-state index contributed by atoms with van der Waals surface area (Å²) < 4.78 is 47.4. The van der Waals surface area contributed by atoms with Crippen molar-refractivity contribution < 1.29 is 16.8 Å². The van der Waals surface area contributed by atoms with Gasteiger partial charge in [0.15, 0.2) is 0 Å². The van der Waals surface area contributed by atoms with Crippen molar-refractivity contribution in [3.63, 3.8) is 0 Å². The molecule has 2 N–H and O–H groups in total. The normalized spacial score (nSPS) is 22.5. The Labute approximate surface area is 103 Å². The quantitative estimate of drug-likeness (QED) is 0.649. The molecule has 1 aliphatic heterocycles. The number of sulfonamides is 1. The van der Waals surface area contributed by atoms with Crippen LogP contribution in [0, 0.1) is 5.92 Å². The monoisotopic (exact) mass is 284 g/mol. The molecule has 1 unspecified atom stereocenters. The Hall–Kier alpha value is -0.180. The molecule has 1 heterocycles. The van der Waals surface area contributed by atoms with Crippen LogP contribution in [0.5, 0.6) is 0 Å². The summed E-state index contributed by atoms with van der Waals surface area (Å²) in [6, 6.07) is 0. The zero-order valence-corrected chi connectivity index (χ0v) is 11.6. The Balaban J connectivity index is 2.35. The molecule has 1 fully saturated rings. The highest BCUT2D eigenvalue weighted by atomic mass is 32.2. The maximum atomic E-state index is 11.7. The van der Waals surface area contributed by atoms with Crippen molar-refractivity contribution in [3.8, 4) is 0 Å². The fourth-order valence-corrected chi connectivity index (χ4v) is 3.86. The van der Waals surface area contributed by atoms with Gasteiger partial charge in [0.05, 0.1) is 11.5 Å². The Morgan fingerprint density at radius 1 is 1.29 bits per heavy atom. The molecule has 0 radical (unpaired) electrons. The van der Waals surface area contributed by atoms with Crippen LogP contribution in [-0.2, 0) is 19.9 Å². The Kier molecular flexibility index (Phi) is 5.36. The lowest BCUT2D eigenvalue weighted by atomic mass is 10.0. The van der Waals surface area contributed by atoms with Gasteiger partial charge in [-0.3, -0.25) is 0 Å². The van der Waals surface area contributed by atoms with Crippen LogP contribution in [0.15, 0.2) is 0 Å². The van der Waals surface area contributed by atoms with Crippen molar-refractivity contribution in [1.29, 1.82) is 0 Å². The molecule has 1 saturated heterocycles. The molecule has 1 atom stereocenters. The standard InChI is InChI=1S/C9H20N2O4S2/c1-16(12,13)6-5-11-17(14,15)8-9-3-2-4-10-7-9/h9-11H,2-8H2,1H3. The van der Waals surface area contributed by atoms with Gasteiger partial charge in [0.2, 0.25) is 10.0 Å². The minimum absolute atomic E-state index is 0.0404. The zero-order chi connectivity index (χ0) is 12.9. The summed E-state index contributed by atoms with van der Waals surface area (Å²) in [5, 5.41) is 3.15. The number of nitrogens with one attached hydrogen (secondary N) is 2. The molecule has 0 bridgehead atoms. The molecule has 0 amide bonds. The van der Waals surface area contributed by atoms with E-state index in [9.17, 15) is 16.8 Å². The predicted molar refractivity (Wildman–Crippen MR) is 67.1 cm³/mol. The van der Waals surface area contributed by atoms with E-state index >= 15 is 0 Å². The molecule has 8 heteroatoms. The van der Waals surface area contributed by atoms with E-state index in [1.807, 2.05) is 0 Å². The SMILES string of the molecule is CS(=O)(=O)CCNS(=O)(=O)CC1CCCNC1. The smallest absolute Gasteiger partial charge is 0.211 e. The van der Waals surface area contributed by atoms with E-state index < -0.39 is 19.9 Å². The lowest BCUT2D eigenvalue weighted by Gasteiger charge is -2.22. The molecular formula is C9H20N2O4S2. The number of sulfone groups is 1. The van der Waals surface area contributed by atoms with Crippen LogP contribution < -0.4 is 10.0 Å². The Bertz CT molecular complexity index is 424. The molecule has 1 rings (SSSR count).